The molecule has 0 saturated heterocycles. The minimum absolute atomic E-state index is 0.144. The van der Waals surface area contributed by atoms with Crippen LogP contribution in [0.3, 0.4) is 0 Å². The van der Waals surface area contributed by atoms with Crippen LogP contribution in [0.1, 0.15) is 6.92 Å². The molecule has 0 amide bonds. The third-order valence-electron chi connectivity index (χ3n) is 3.05. The van der Waals surface area contributed by atoms with Crippen molar-refractivity contribution in [2.24, 2.45) is 5.73 Å². The molecule has 0 rings (SSSR count). The summed E-state index contributed by atoms with van der Waals surface area (Å²) in [6.45, 7) is 12.9. The molecule has 0 atom stereocenters. The lowest BCUT2D eigenvalue weighted by Crippen LogP contribution is -2.35. The van der Waals surface area contributed by atoms with Crippen molar-refractivity contribution in [3.05, 3.63) is 12.7 Å². The maximum atomic E-state index is 8.99. The first-order chi connectivity index (χ1) is 10.8. The fourth-order valence-electron chi connectivity index (χ4n) is 1.86. The Kier molecular flexibility index (Phi) is 16.4. The van der Waals surface area contributed by atoms with Gasteiger partial charge in [0.25, 0.3) is 0 Å². The zero-order valence-corrected chi connectivity index (χ0v) is 13.9. The number of hydrogen-bond donors (Lipinski definition) is 2. The van der Waals surface area contributed by atoms with Crippen molar-refractivity contribution in [3.63, 3.8) is 0 Å². The van der Waals surface area contributed by atoms with Gasteiger partial charge in [0.1, 0.15) is 0 Å². The molecule has 0 aromatic heterocycles. The largest absolute Gasteiger partial charge is 0.395 e. The number of nitrogens with zero attached hydrogens (tertiary/aromatic N) is 2. The van der Waals surface area contributed by atoms with Gasteiger partial charge in [0, 0.05) is 39.3 Å². The topological polar surface area (TPSA) is 80.4 Å². The van der Waals surface area contributed by atoms with Crippen molar-refractivity contribution >= 4 is 0 Å². The highest BCUT2D eigenvalue weighted by Crippen LogP contribution is 1.93. The molecule has 0 heterocycles. The van der Waals surface area contributed by atoms with E-state index in [9.17, 15) is 0 Å². The van der Waals surface area contributed by atoms with Crippen molar-refractivity contribution in [1.29, 1.82) is 0 Å². The standard InChI is InChI=1S/C15H33N3O4/c1-3-5-17(6-10-19)7-13-22-15-18(8-11-20-4-2)9-12-21-14-16/h3,19H,1,4-16H2,2H3. The van der Waals surface area contributed by atoms with Crippen molar-refractivity contribution in [2.45, 2.75) is 6.92 Å². The van der Waals surface area contributed by atoms with E-state index in [0.717, 1.165) is 26.2 Å². The molecule has 132 valence electrons. The Bertz CT molecular complexity index is 235. The summed E-state index contributed by atoms with van der Waals surface area (Å²) in [4.78, 5) is 4.23. The lowest BCUT2D eigenvalue weighted by molar-refractivity contribution is -0.00936. The van der Waals surface area contributed by atoms with Gasteiger partial charge in [-0.15, -0.1) is 6.58 Å². The minimum atomic E-state index is 0.144. The van der Waals surface area contributed by atoms with Crippen LogP contribution in [0.2, 0.25) is 0 Å². The maximum Gasteiger partial charge on any atom is 0.0992 e. The van der Waals surface area contributed by atoms with Crippen molar-refractivity contribution in [2.75, 3.05) is 79.2 Å². The smallest absolute Gasteiger partial charge is 0.0992 e. The Hall–Kier alpha value is -0.540. The molecular formula is C15H33N3O4. The Balaban J connectivity index is 3.89. The van der Waals surface area contributed by atoms with Gasteiger partial charge < -0.3 is 25.1 Å². The molecule has 0 aliphatic heterocycles. The molecule has 0 saturated carbocycles. The van der Waals surface area contributed by atoms with Crippen LogP contribution in [0.4, 0.5) is 0 Å². The summed E-state index contributed by atoms with van der Waals surface area (Å²) in [5.41, 5.74) is 5.32. The molecule has 0 fully saturated rings. The summed E-state index contributed by atoms with van der Waals surface area (Å²) in [5, 5.41) is 8.99. The van der Waals surface area contributed by atoms with Crippen LogP contribution in [0.5, 0.6) is 0 Å². The van der Waals surface area contributed by atoms with E-state index in [1.54, 1.807) is 0 Å². The summed E-state index contributed by atoms with van der Waals surface area (Å²) in [7, 11) is 0. The van der Waals surface area contributed by atoms with E-state index in [-0.39, 0.29) is 13.3 Å². The predicted octanol–water partition coefficient (Wildman–Crippen LogP) is -0.288. The monoisotopic (exact) mass is 319 g/mol. The second-order valence-corrected chi connectivity index (χ2v) is 4.74. The highest BCUT2D eigenvalue weighted by atomic mass is 16.5. The molecule has 0 aliphatic carbocycles. The van der Waals surface area contributed by atoms with Gasteiger partial charge in [0.15, 0.2) is 0 Å². The summed E-state index contributed by atoms with van der Waals surface area (Å²) in [6, 6.07) is 0. The number of hydrogen-bond acceptors (Lipinski definition) is 7. The van der Waals surface area contributed by atoms with E-state index in [1.807, 2.05) is 13.0 Å². The molecule has 22 heavy (non-hydrogen) atoms. The second kappa shape index (κ2) is 16.8. The van der Waals surface area contributed by atoms with Crippen LogP contribution in [-0.2, 0) is 14.2 Å². The summed E-state index contributed by atoms with van der Waals surface area (Å²) in [6.07, 6.45) is 1.83. The van der Waals surface area contributed by atoms with Gasteiger partial charge in [-0.05, 0) is 6.92 Å². The zero-order chi connectivity index (χ0) is 16.5. The number of rotatable bonds is 17. The SMILES string of the molecule is C=CCN(CCO)CCOCN(CCOCC)CCOCN. The molecule has 0 bridgehead atoms. The molecule has 7 heteroatoms. The molecule has 3 N–H and O–H groups in total. The lowest BCUT2D eigenvalue weighted by atomic mass is 10.4. The van der Waals surface area contributed by atoms with E-state index < -0.39 is 0 Å². The third kappa shape index (κ3) is 13.1. The van der Waals surface area contributed by atoms with E-state index in [2.05, 4.69) is 16.4 Å². The molecule has 0 unspecified atom stereocenters. The molecule has 7 nitrogen and oxygen atoms in total. The summed E-state index contributed by atoms with van der Waals surface area (Å²) >= 11 is 0. The first kappa shape index (κ1) is 21.5. The first-order valence-electron chi connectivity index (χ1n) is 7.88. The molecular weight excluding hydrogens is 286 g/mol. The van der Waals surface area contributed by atoms with Crippen molar-refractivity contribution < 1.29 is 19.3 Å². The van der Waals surface area contributed by atoms with E-state index in [0.29, 0.717) is 39.7 Å². The van der Waals surface area contributed by atoms with Crippen molar-refractivity contribution in [3.8, 4) is 0 Å². The highest BCUT2D eigenvalue weighted by molar-refractivity contribution is 4.73. The minimum Gasteiger partial charge on any atom is -0.395 e. The lowest BCUT2D eigenvalue weighted by Gasteiger charge is -2.23. The van der Waals surface area contributed by atoms with E-state index in [4.69, 9.17) is 25.1 Å². The van der Waals surface area contributed by atoms with Crippen LogP contribution < -0.4 is 5.73 Å². The average molecular weight is 319 g/mol. The number of nitrogens with two attached hydrogens (primary N) is 1. The summed E-state index contributed by atoms with van der Waals surface area (Å²) < 4.78 is 16.2. The number of aliphatic hydroxyl groups excluding tert-OH is 1. The predicted molar refractivity (Wildman–Crippen MR) is 87.6 cm³/mol. The summed E-state index contributed by atoms with van der Waals surface area (Å²) in [5.74, 6) is 0. The molecule has 0 spiro atoms. The van der Waals surface area contributed by atoms with E-state index in [1.165, 1.54) is 0 Å². The number of aliphatic hydroxyl groups is 1. The Morgan fingerprint density at radius 3 is 2.23 bits per heavy atom. The van der Waals surface area contributed by atoms with Gasteiger partial charge in [-0.3, -0.25) is 9.80 Å². The second-order valence-electron chi connectivity index (χ2n) is 4.74. The van der Waals surface area contributed by atoms with Gasteiger partial charge in [0.2, 0.25) is 0 Å². The fraction of sp³-hybridized carbons (Fsp3) is 0.867. The molecule has 0 aliphatic rings. The molecule has 0 aromatic carbocycles. The zero-order valence-electron chi connectivity index (χ0n) is 13.9. The third-order valence-corrected chi connectivity index (χ3v) is 3.05. The van der Waals surface area contributed by atoms with Crippen LogP contribution >= 0.6 is 0 Å². The normalized spacial score (nSPS) is 11.5. The van der Waals surface area contributed by atoms with Crippen LogP contribution in [0.25, 0.3) is 0 Å². The molecule has 0 aromatic rings. The molecule has 0 radical (unpaired) electrons. The quantitative estimate of drug-likeness (QED) is 0.217. The van der Waals surface area contributed by atoms with E-state index >= 15 is 0 Å². The van der Waals surface area contributed by atoms with Crippen molar-refractivity contribution in [1.82, 2.24) is 9.80 Å². The maximum absolute atomic E-state index is 8.99. The first-order valence-corrected chi connectivity index (χ1v) is 7.88. The Morgan fingerprint density at radius 1 is 1.00 bits per heavy atom. The van der Waals surface area contributed by atoms with Gasteiger partial charge in [-0.1, -0.05) is 6.08 Å². The Labute approximate surface area is 134 Å². The Morgan fingerprint density at radius 2 is 1.64 bits per heavy atom. The van der Waals surface area contributed by atoms with Crippen LogP contribution in [0, 0.1) is 0 Å². The van der Waals surface area contributed by atoms with Gasteiger partial charge in [-0.2, -0.15) is 0 Å². The fourth-order valence-corrected chi connectivity index (χ4v) is 1.86. The van der Waals surface area contributed by atoms with Gasteiger partial charge >= 0.3 is 0 Å². The average Bonchev–Trinajstić information content (AvgIpc) is 2.51. The van der Waals surface area contributed by atoms with Gasteiger partial charge in [0.05, 0.1) is 39.9 Å². The highest BCUT2D eigenvalue weighted by Gasteiger charge is 2.06. The number of ether oxygens (including phenoxy) is 3. The van der Waals surface area contributed by atoms with Crippen LogP contribution in [0.15, 0.2) is 12.7 Å². The van der Waals surface area contributed by atoms with Crippen LogP contribution in [-0.4, -0.2) is 94.1 Å². The van der Waals surface area contributed by atoms with Gasteiger partial charge in [-0.25, -0.2) is 0 Å².